The molecule has 0 aliphatic heterocycles. The van der Waals surface area contributed by atoms with E-state index in [2.05, 4.69) is 10.6 Å². The Hall–Kier alpha value is -4.09. The van der Waals surface area contributed by atoms with Crippen molar-refractivity contribution in [2.45, 2.75) is 19.8 Å². The van der Waals surface area contributed by atoms with Crippen LogP contribution in [0.2, 0.25) is 0 Å². The molecule has 1 heterocycles. The molecule has 0 spiro atoms. The smallest absolute Gasteiger partial charge is 0.249 e. The quantitative estimate of drug-likeness (QED) is 0.385. The van der Waals surface area contributed by atoms with E-state index in [4.69, 9.17) is 10.5 Å². The van der Waals surface area contributed by atoms with Crippen LogP contribution in [-0.2, 0) is 19.8 Å². The van der Waals surface area contributed by atoms with Crippen molar-refractivity contribution >= 4 is 27.7 Å². The van der Waals surface area contributed by atoms with Gasteiger partial charge >= 0.3 is 0 Å². The molecule has 5 aromatic rings. The van der Waals surface area contributed by atoms with Gasteiger partial charge in [-0.25, -0.2) is 0 Å². The fraction of sp³-hybridized carbons (Fsp3) is 0.107. The summed E-state index contributed by atoms with van der Waals surface area (Å²) >= 11 is 0. The SMILES string of the molecule is NC(=O)c1cccc2c1c1[c]cc(CO)cc1n2Cc1cccc(OCc2ccccc2)c1. The molecule has 3 N–H and O–H groups in total. The van der Waals surface area contributed by atoms with Gasteiger partial charge in [0.25, 0.3) is 0 Å². The lowest BCUT2D eigenvalue weighted by Crippen LogP contribution is -2.11. The number of ether oxygens (including phenoxy) is 1. The Kier molecular flexibility index (Phi) is 5.55. The zero-order valence-electron chi connectivity index (χ0n) is 18.0. The number of nitrogens with zero attached hydrogens (tertiary/aromatic N) is 1. The number of hydrogen-bond donors (Lipinski definition) is 2. The maximum absolute atomic E-state index is 12.1. The number of nitrogens with two attached hydrogens (primary N) is 1. The monoisotopic (exact) mass is 435 g/mol. The van der Waals surface area contributed by atoms with E-state index in [0.717, 1.165) is 44.2 Å². The summed E-state index contributed by atoms with van der Waals surface area (Å²) in [4.78, 5) is 12.1. The number of carbonyl (C=O) groups excluding carboxylic acids is 1. The summed E-state index contributed by atoms with van der Waals surface area (Å²) in [5, 5.41) is 11.3. The number of aliphatic hydroxyl groups is 1. The van der Waals surface area contributed by atoms with E-state index >= 15 is 0 Å². The van der Waals surface area contributed by atoms with Gasteiger partial charge in [0.1, 0.15) is 12.4 Å². The van der Waals surface area contributed by atoms with Gasteiger partial charge in [0.15, 0.2) is 0 Å². The van der Waals surface area contributed by atoms with Gasteiger partial charge < -0.3 is 20.1 Å². The third-order valence-electron chi connectivity index (χ3n) is 5.79. The number of hydrogen-bond acceptors (Lipinski definition) is 3. The summed E-state index contributed by atoms with van der Waals surface area (Å²) in [6, 6.07) is 30.5. The minimum atomic E-state index is -0.476. The van der Waals surface area contributed by atoms with Crippen molar-refractivity contribution in [3.8, 4) is 5.75 Å². The van der Waals surface area contributed by atoms with Crippen LogP contribution < -0.4 is 10.5 Å². The standard InChI is InChI=1S/C28H23N2O3/c29-28(32)24-10-5-11-25-27(24)23-13-12-21(17-31)15-26(23)30(25)16-20-8-4-9-22(14-20)33-18-19-6-2-1-3-7-19/h1-12,14-15,31H,16-18H2,(H2,29,32). The minimum Gasteiger partial charge on any atom is -0.489 e. The second-order valence-electron chi connectivity index (χ2n) is 8.00. The lowest BCUT2D eigenvalue weighted by Gasteiger charge is -2.11. The van der Waals surface area contributed by atoms with Gasteiger partial charge in [-0.15, -0.1) is 0 Å². The van der Waals surface area contributed by atoms with Crippen molar-refractivity contribution in [1.29, 1.82) is 0 Å². The number of carbonyl (C=O) groups is 1. The zero-order chi connectivity index (χ0) is 22.8. The second-order valence-corrected chi connectivity index (χ2v) is 8.00. The Morgan fingerprint density at radius 1 is 0.909 bits per heavy atom. The van der Waals surface area contributed by atoms with Crippen LogP contribution in [0.3, 0.4) is 0 Å². The van der Waals surface area contributed by atoms with E-state index in [1.165, 1.54) is 0 Å². The van der Waals surface area contributed by atoms with E-state index in [-0.39, 0.29) is 6.61 Å². The van der Waals surface area contributed by atoms with Gasteiger partial charge in [0, 0.05) is 22.9 Å². The fourth-order valence-corrected chi connectivity index (χ4v) is 4.22. The van der Waals surface area contributed by atoms with Crippen molar-refractivity contribution in [3.05, 3.63) is 113 Å². The number of aliphatic hydroxyl groups excluding tert-OH is 1. The normalized spacial score (nSPS) is 11.2. The lowest BCUT2D eigenvalue weighted by molar-refractivity contribution is 0.100. The average molecular weight is 436 g/mol. The Labute approximate surface area is 191 Å². The molecule has 1 amide bonds. The molecule has 5 rings (SSSR count). The average Bonchev–Trinajstić information content (AvgIpc) is 3.16. The van der Waals surface area contributed by atoms with Gasteiger partial charge in [0.05, 0.1) is 17.6 Å². The first-order valence-corrected chi connectivity index (χ1v) is 10.8. The molecule has 0 saturated heterocycles. The third kappa shape index (κ3) is 4.06. The van der Waals surface area contributed by atoms with Crippen LogP contribution in [0.15, 0.2) is 84.9 Å². The summed E-state index contributed by atoms with van der Waals surface area (Å²) < 4.78 is 8.13. The molecule has 0 saturated carbocycles. The van der Waals surface area contributed by atoms with Crippen molar-refractivity contribution in [3.63, 3.8) is 0 Å². The van der Waals surface area contributed by atoms with Crippen molar-refractivity contribution in [1.82, 2.24) is 4.57 Å². The van der Waals surface area contributed by atoms with E-state index in [1.807, 2.05) is 72.8 Å². The molecule has 0 aliphatic rings. The van der Waals surface area contributed by atoms with Gasteiger partial charge in [-0.3, -0.25) is 4.79 Å². The molecule has 0 unspecified atom stereocenters. The van der Waals surface area contributed by atoms with Crippen LogP contribution in [0.1, 0.15) is 27.0 Å². The number of rotatable bonds is 7. The molecule has 5 heteroatoms. The first-order chi connectivity index (χ1) is 16.1. The highest BCUT2D eigenvalue weighted by Gasteiger charge is 2.17. The largest absolute Gasteiger partial charge is 0.489 e. The first kappa shape index (κ1) is 20.8. The van der Waals surface area contributed by atoms with Crippen LogP contribution in [0, 0.1) is 6.07 Å². The predicted octanol–water partition coefficient (Wildman–Crippen LogP) is 4.81. The second kappa shape index (κ2) is 8.81. The maximum Gasteiger partial charge on any atom is 0.249 e. The van der Waals surface area contributed by atoms with E-state index in [9.17, 15) is 9.90 Å². The van der Waals surface area contributed by atoms with Crippen molar-refractivity contribution in [2.75, 3.05) is 0 Å². The Morgan fingerprint density at radius 2 is 1.70 bits per heavy atom. The summed E-state index contributed by atoms with van der Waals surface area (Å²) in [6.07, 6.45) is 0. The number of aromatic nitrogens is 1. The van der Waals surface area contributed by atoms with Crippen LogP contribution in [0.25, 0.3) is 21.8 Å². The summed E-state index contributed by atoms with van der Waals surface area (Å²) in [6.45, 7) is 0.976. The number of amides is 1. The van der Waals surface area contributed by atoms with Crippen LogP contribution >= 0.6 is 0 Å². The van der Waals surface area contributed by atoms with Gasteiger partial charge in [0.2, 0.25) is 5.91 Å². The predicted molar refractivity (Wildman–Crippen MR) is 129 cm³/mol. The minimum absolute atomic E-state index is 0.0839. The molecular formula is C28H23N2O3. The fourth-order valence-electron chi connectivity index (χ4n) is 4.22. The maximum atomic E-state index is 12.1. The highest BCUT2D eigenvalue weighted by atomic mass is 16.5. The lowest BCUT2D eigenvalue weighted by atomic mass is 10.0. The number of primary amides is 1. The summed E-state index contributed by atoms with van der Waals surface area (Å²) in [7, 11) is 0. The topological polar surface area (TPSA) is 77.5 Å². The van der Waals surface area contributed by atoms with Crippen molar-refractivity contribution < 1.29 is 14.6 Å². The molecule has 5 nitrogen and oxygen atoms in total. The molecule has 0 bridgehead atoms. The molecule has 33 heavy (non-hydrogen) atoms. The van der Waals surface area contributed by atoms with Gasteiger partial charge in [-0.2, -0.15) is 0 Å². The summed E-state index contributed by atoms with van der Waals surface area (Å²) in [5.41, 5.74) is 10.8. The third-order valence-corrected chi connectivity index (χ3v) is 5.79. The first-order valence-electron chi connectivity index (χ1n) is 10.8. The molecule has 163 valence electrons. The Balaban J connectivity index is 1.56. The van der Waals surface area contributed by atoms with E-state index in [1.54, 1.807) is 12.1 Å². The Morgan fingerprint density at radius 3 is 2.48 bits per heavy atom. The highest BCUT2D eigenvalue weighted by molar-refractivity contribution is 6.17. The summed E-state index contributed by atoms with van der Waals surface area (Å²) in [5.74, 6) is 0.313. The van der Waals surface area contributed by atoms with Crippen LogP contribution in [-0.4, -0.2) is 15.6 Å². The molecule has 1 aromatic heterocycles. The molecule has 4 aromatic carbocycles. The van der Waals surface area contributed by atoms with Crippen LogP contribution in [0.4, 0.5) is 0 Å². The van der Waals surface area contributed by atoms with E-state index < -0.39 is 5.91 Å². The molecule has 1 radical (unpaired) electrons. The van der Waals surface area contributed by atoms with Crippen molar-refractivity contribution in [2.24, 2.45) is 5.73 Å². The molecule has 0 aliphatic carbocycles. The molecule has 0 fully saturated rings. The zero-order valence-corrected chi connectivity index (χ0v) is 18.0. The Bertz CT molecular complexity index is 1450. The van der Waals surface area contributed by atoms with E-state index in [0.29, 0.717) is 18.7 Å². The molecule has 0 atom stereocenters. The highest BCUT2D eigenvalue weighted by Crippen LogP contribution is 2.33. The number of benzene rings is 4. The number of fused-ring (bicyclic) bond motifs is 3. The van der Waals surface area contributed by atoms with Gasteiger partial charge in [-0.05, 0) is 59.2 Å². The van der Waals surface area contributed by atoms with Gasteiger partial charge in [-0.1, -0.05) is 48.5 Å². The molecular weight excluding hydrogens is 412 g/mol. The van der Waals surface area contributed by atoms with Crippen LogP contribution in [0.5, 0.6) is 5.75 Å².